The molecule has 2 fully saturated rings. The lowest BCUT2D eigenvalue weighted by Crippen LogP contribution is -2.51. The third kappa shape index (κ3) is 2.42. The number of anilines is 1. The number of hydrogen-bond acceptors (Lipinski definition) is 3. The number of halogens is 1. The summed E-state index contributed by atoms with van der Waals surface area (Å²) in [5, 5.41) is 2.90. The van der Waals surface area contributed by atoms with E-state index in [2.05, 4.69) is 32.2 Å². The van der Waals surface area contributed by atoms with Gasteiger partial charge in [0.1, 0.15) is 0 Å². The van der Waals surface area contributed by atoms with Crippen LogP contribution in [0.2, 0.25) is 0 Å². The van der Waals surface area contributed by atoms with E-state index < -0.39 is 0 Å². The standard InChI is InChI=1S/C13H17BrN4O/c14-12-9(2-1-3-11(12)15)7-17-4-5-18-10(8-17)6-16-13(18)19/h1-3,10H,4-8,15H2,(H,16,19). The second kappa shape index (κ2) is 5.02. The summed E-state index contributed by atoms with van der Waals surface area (Å²) in [6, 6.07) is 6.35. The van der Waals surface area contributed by atoms with E-state index in [1.165, 1.54) is 5.56 Å². The predicted octanol–water partition coefficient (Wildman–Crippen LogP) is 1.24. The maximum atomic E-state index is 11.5. The number of amides is 2. The Labute approximate surface area is 120 Å². The number of benzene rings is 1. The minimum absolute atomic E-state index is 0.0785. The van der Waals surface area contributed by atoms with Gasteiger partial charge in [0.2, 0.25) is 0 Å². The van der Waals surface area contributed by atoms with Crippen LogP contribution in [0.15, 0.2) is 22.7 Å². The molecule has 2 heterocycles. The summed E-state index contributed by atoms with van der Waals surface area (Å²) >= 11 is 3.54. The first kappa shape index (κ1) is 12.7. The summed E-state index contributed by atoms with van der Waals surface area (Å²) in [7, 11) is 0. The summed E-state index contributed by atoms with van der Waals surface area (Å²) in [6.45, 7) is 4.25. The number of nitrogen functional groups attached to an aromatic ring is 1. The number of nitrogens with two attached hydrogens (primary N) is 1. The van der Waals surface area contributed by atoms with E-state index in [-0.39, 0.29) is 6.03 Å². The number of hydrogen-bond donors (Lipinski definition) is 2. The first-order chi connectivity index (χ1) is 9.15. The molecule has 1 unspecified atom stereocenters. The van der Waals surface area contributed by atoms with Crippen molar-refractivity contribution in [3.8, 4) is 0 Å². The van der Waals surface area contributed by atoms with Gasteiger partial charge in [-0.25, -0.2) is 4.79 Å². The molecule has 1 aromatic carbocycles. The van der Waals surface area contributed by atoms with E-state index in [1.54, 1.807) is 0 Å². The Kier molecular flexibility index (Phi) is 3.36. The number of rotatable bonds is 2. The third-order valence-corrected chi connectivity index (χ3v) is 4.79. The molecule has 0 radical (unpaired) electrons. The van der Waals surface area contributed by atoms with Gasteiger partial charge in [0, 0.05) is 42.9 Å². The number of carbonyl (C=O) groups is 1. The van der Waals surface area contributed by atoms with Crippen LogP contribution in [0.4, 0.5) is 10.5 Å². The predicted molar refractivity (Wildman–Crippen MR) is 77.7 cm³/mol. The van der Waals surface area contributed by atoms with Crippen LogP contribution in [0.3, 0.4) is 0 Å². The molecular formula is C13H17BrN4O. The second-order valence-corrected chi connectivity index (χ2v) is 5.88. The molecule has 0 aliphatic carbocycles. The van der Waals surface area contributed by atoms with Crippen LogP contribution < -0.4 is 11.1 Å². The molecule has 2 aliphatic rings. The molecule has 0 aromatic heterocycles. The SMILES string of the molecule is Nc1cccc(CN2CCN3C(=O)NCC3C2)c1Br. The van der Waals surface area contributed by atoms with E-state index in [0.29, 0.717) is 6.04 Å². The molecule has 2 aliphatic heterocycles. The summed E-state index contributed by atoms with van der Waals surface area (Å²) in [5.74, 6) is 0. The Morgan fingerprint density at radius 2 is 2.26 bits per heavy atom. The number of nitrogens with one attached hydrogen (secondary N) is 1. The molecule has 2 amide bonds. The molecule has 19 heavy (non-hydrogen) atoms. The minimum Gasteiger partial charge on any atom is -0.398 e. The van der Waals surface area contributed by atoms with Crippen LogP contribution in [0.1, 0.15) is 5.56 Å². The Bertz CT molecular complexity index is 507. The van der Waals surface area contributed by atoms with Gasteiger partial charge in [-0.15, -0.1) is 0 Å². The van der Waals surface area contributed by atoms with E-state index in [9.17, 15) is 4.79 Å². The number of piperazine rings is 1. The van der Waals surface area contributed by atoms with Crippen molar-refractivity contribution in [2.75, 3.05) is 31.9 Å². The van der Waals surface area contributed by atoms with Gasteiger partial charge in [-0.05, 0) is 27.6 Å². The summed E-state index contributed by atoms with van der Waals surface area (Å²) in [6.07, 6.45) is 0. The molecule has 1 aromatic rings. The maximum absolute atomic E-state index is 11.5. The average molecular weight is 325 g/mol. The van der Waals surface area contributed by atoms with Gasteiger partial charge in [0.25, 0.3) is 0 Å². The van der Waals surface area contributed by atoms with E-state index in [0.717, 1.165) is 42.9 Å². The Morgan fingerprint density at radius 1 is 1.42 bits per heavy atom. The molecule has 0 spiro atoms. The van der Waals surface area contributed by atoms with Crippen molar-refractivity contribution >= 4 is 27.6 Å². The first-order valence-electron chi connectivity index (χ1n) is 6.45. The van der Waals surface area contributed by atoms with Gasteiger partial charge in [0.05, 0.1) is 6.04 Å². The minimum atomic E-state index is 0.0785. The van der Waals surface area contributed by atoms with E-state index in [1.807, 2.05) is 17.0 Å². The fraction of sp³-hybridized carbons (Fsp3) is 0.462. The van der Waals surface area contributed by atoms with Gasteiger partial charge in [-0.2, -0.15) is 0 Å². The number of urea groups is 1. The van der Waals surface area contributed by atoms with E-state index >= 15 is 0 Å². The number of nitrogens with zero attached hydrogens (tertiary/aromatic N) is 2. The van der Waals surface area contributed by atoms with Crippen molar-refractivity contribution in [2.45, 2.75) is 12.6 Å². The topological polar surface area (TPSA) is 61.6 Å². The fourth-order valence-corrected chi connectivity index (χ4v) is 3.16. The van der Waals surface area contributed by atoms with Crippen molar-refractivity contribution in [2.24, 2.45) is 0 Å². The Morgan fingerprint density at radius 3 is 3.11 bits per heavy atom. The van der Waals surface area contributed by atoms with Gasteiger partial charge in [0.15, 0.2) is 0 Å². The Hall–Kier alpha value is -1.27. The molecule has 3 rings (SSSR count). The maximum Gasteiger partial charge on any atom is 0.317 e. The van der Waals surface area contributed by atoms with Crippen LogP contribution in [0.25, 0.3) is 0 Å². The van der Waals surface area contributed by atoms with Crippen LogP contribution in [-0.2, 0) is 6.54 Å². The van der Waals surface area contributed by atoms with Crippen LogP contribution in [0, 0.1) is 0 Å². The zero-order valence-electron chi connectivity index (χ0n) is 10.6. The van der Waals surface area contributed by atoms with Gasteiger partial charge < -0.3 is 16.0 Å². The molecule has 102 valence electrons. The lowest BCUT2D eigenvalue weighted by Gasteiger charge is -2.36. The van der Waals surface area contributed by atoms with Crippen molar-refractivity contribution in [3.05, 3.63) is 28.2 Å². The van der Waals surface area contributed by atoms with E-state index in [4.69, 9.17) is 5.73 Å². The van der Waals surface area contributed by atoms with Crippen LogP contribution in [-0.4, -0.2) is 48.1 Å². The van der Waals surface area contributed by atoms with Crippen molar-refractivity contribution in [3.63, 3.8) is 0 Å². The van der Waals surface area contributed by atoms with Crippen molar-refractivity contribution in [1.29, 1.82) is 0 Å². The van der Waals surface area contributed by atoms with Crippen molar-refractivity contribution < 1.29 is 4.79 Å². The fourth-order valence-electron chi connectivity index (χ4n) is 2.77. The molecule has 0 bridgehead atoms. The van der Waals surface area contributed by atoms with Crippen molar-refractivity contribution in [1.82, 2.24) is 15.1 Å². The van der Waals surface area contributed by atoms with Crippen LogP contribution in [0.5, 0.6) is 0 Å². The monoisotopic (exact) mass is 324 g/mol. The highest BCUT2D eigenvalue weighted by Crippen LogP contribution is 2.26. The summed E-state index contributed by atoms with van der Waals surface area (Å²) in [4.78, 5) is 15.9. The molecule has 6 heteroatoms. The third-order valence-electron chi connectivity index (χ3n) is 3.82. The highest BCUT2D eigenvalue weighted by Gasteiger charge is 2.35. The second-order valence-electron chi connectivity index (χ2n) is 5.09. The Balaban J connectivity index is 1.68. The smallest absolute Gasteiger partial charge is 0.317 e. The number of carbonyl (C=O) groups excluding carboxylic acids is 1. The molecule has 2 saturated heterocycles. The molecular weight excluding hydrogens is 308 g/mol. The lowest BCUT2D eigenvalue weighted by molar-refractivity contribution is 0.116. The average Bonchev–Trinajstić information content (AvgIpc) is 2.76. The summed E-state index contributed by atoms with van der Waals surface area (Å²) < 4.78 is 0.984. The zero-order chi connectivity index (χ0) is 13.4. The number of fused-ring (bicyclic) bond motifs is 1. The normalized spacial score (nSPS) is 23.3. The molecule has 5 nitrogen and oxygen atoms in total. The van der Waals surface area contributed by atoms with Gasteiger partial charge >= 0.3 is 6.03 Å². The molecule has 3 N–H and O–H groups in total. The van der Waals surface area contributed by atoms with Gasteiger partial charge in [-0.1, -0.05) is 12.1 Å². The highest BCUT2D eigenvalue weighted by atomic mass is 79.9. The first-order valence-corrected chi connectivity index (χ1v) is 7.24. The quantitative estimate of drug-likeness (QED) is 0.805. The molecule has 1 atom stereocenters. The highest BCUT2D eigenvalue weighted by molar-refractivity contribution is 9.10. The molecule has 0 saturated carbocycles. The van der Waals surface area contributed by atoms with Crippen LogP contribution >= 0.6 is 15.9 Å². The summed E-state index contributed by atoms with van der Waals surface area (Å²) in [5.41, 5.74) is 7.87. The zero-order valence-corrected chi connectivity index (χ0v) is 12.2. The van der Waals surface area contributed by atoms with Gasteiger partial charge in [-0.3, -0.25) is 4.90 Å². The lowest BCUT2D eigenvalue weighted by atomic mass is 10.1. The largest absolute Gasteiger partial charge is 0.398 e.